The number of fused-ring (bicyclic) bond motifs is 11. The summed E-state index contributed by atoms with van der Waals surface area (Å²) in [6.07, 6.45) is 0. The molecule has 67 heavy (non-hydrogen) atoms. The molecule has 0 saturated carbocycles. The highest BCUT2D eigenvalue weighted by molar-refractivity contribution is 6.24. The third kappa shape index (κ3) is 5.75. The topological polar surface area (TPSA) is 40.6 Å². The van der Waals surface area contributed by atoms with Crippen molar-refractivity contribution in [3.8, 4) is 50.8 Å². The molecule has 4 aromatic heterocycles. The lowest BCUT2D eigenvalue weighted by atomic mass is 10.0. The average Bonchev–Trinajstić information content (AvgIpc) is 4.04. The summed E-state index contributed by atoms with van der Waals surface area (Å²) in [5, 5.41) is 8.34. The zero-order valence-corrected chi connectivity index (χ0v) is 36.3. The summed E-state index contributed by atoms with van der Waals surface area (Å²) in [6, 6.07) is 85.1. The van der Waals surface area contributed by atoms with Crippen molar-refractivity contribution in [2.45, 2.75) is 0 Å². The molecule has 14 aromatic rings. The first-order valence-corrected chi connectivity index (χ1v) is 22.8. The van der Waals surface area contributed by atoms with Crippen molar-refractivity contribution >= 4 is 76.3 Å². The van der Waals surface area contributed by atoms with E-state index in [1.807, 2.05) is 12.1 Å². The van der Waals surface area contributed by atoms with Gasteiger partial charge in [0.15, 0.2) is 5.82 Å². The van der Waals surface area contributed by atoms with E-state index in [2.05, 4.69) is 238 Å². The minimum Gasteiger partial charge on any atom is -0.309 e. The van der Waals surface area contributed by atoms with Gasteiger partial charge in [0.05, 0.1) is 44.3 Å². The van der Waals surface area contributed by atoms with Crippen molar-refractivity contribution in [3.63, 3.8) is 0 Å². The quantitative estimate of drug-likeness (QED) is 0.167. The number of nitrogens with zero attached hydrogens (tertiary/aromatic N) is 5. The van der Waals surface area contributed by atoms with Gasteiger partial charge < -0.3 is 13.7 Å². The second-order valence-corrected chi connectivity index (χ2v) is 17.4. The highest BCUT2D eigenvalue weighted by Crippen LogP contribution is 2.44. The molecule has 5 heteroatoms. The van der Waals surface area contributed by atoms with Crippen LogP contribution in [0.4, 0.5) is 0 Å². The lowest BCUT2D eigenvalue weighted by molar-refractivity contribution is 1.15. The lowest BCUT2D eigenvalue weighted by Gasteiger charge is -2.13. The summed E-state index contributed by atoms with van der Waals surface area (Å²) < 4.78 is 7.29. The fourth-order valence-electron chi connectivity index (χ4n) is 10.6. The predicted octanol–water partition coefficient (Wildman–Crippen LogP) is 15.9. The Hall–Kier alpha value is -9.06. The van der Waals surface area contributed by atoms with E-state index in [1.54, 1.807) is 0 Å². The maximum atomic E-state index is 5.21. The van der Waals surface area contributed by atoms with Gasteiger partial charge in [0.25, 0.3) is 0 Å². The van der Waals surface area contributed by atoms with Gasteiger partial charge in [-0.25, -0.2) is 9.97 Å². The van der Waals surface area contributed by atoms with Crippen molar-refractivity contribution in [1.82, 2.24) is 23.7 Å². The van der Waals surface area contributed by atoms with Crippen LogP contribution in [0.25, 0.3) is 127 Å². The lowest BCUT2D eigenvalue weighted by Crippen LogP contribution is -1.99. The maximum absolute atomic E-state index is 5.21. The molecule has 0 aliphatic rings. The second kappa shape index (κ2) is 14.7. The Kier molecular flexibility index (Phi) is 8.21. The predicted molar refractivity (Wildman–Crippen MR) is 279 cm³/mol. The van der Waals surface area contributed by atoms with Crippen LogP contribution in [0.1, 0.15) is 0 Å². The molecular formula is C62H39N5. The smallest absolute Gasteiger partial charge is 0.160 e. The van der Waals surface area contributed by atoms with Crippen LogP contribution in [-0.4, -0.2) is 23.7 Å². The molecule has 0 radical (unpaired) electrons. The molecule has 5 nitrogen and oxygen atoms in total. The largest absolute Gasteiger partial charge is 0.309 e. The van der Waals surface area contributed by atoms with Crippen molar-refractivity contribution in [2.24, 2.45) is 0 Å². The number of hydrogen-bond donors (Lipinski definition) is 0. The molecule has 312 valence electrons. The first-order valence-electron chi connectivity index (χ1n) is 22.8. The van der Waals surface area contributed by atoms with Gasteiger partial charge in [-0.05, 0) is 102 Å². The molecule has 0 saturated heterocycles. The molecule has 0 spiro atoms. The first-order chi connectivity index (χ1) is 33.2. The van der Waals surface area contributed by atoms with Gasteiger partial charge in [-0.3, -0.25) is 0 Å². The number of aromatic nitrogens is 5. The Balaban J connectivity index is 1.00. The summed E-state index contributed by atoms with van der Waals surface area (Å²) in [7, 11) is 0. The number of para-hydroxylation sites is 5. The first kappa shape index (κ1) is 37.3. The Labute approximate surface area is 385 Å². The van der Waals surface area contributed by atoms with E-state index in [0.717, 1.165) is 55.8 Å². The summed E-state index contributed by atoms with van der Waals surface area (Å²) in [5.41, 5.74) is 16.6. The van der Waals surface area contributed by atoms with Gasteiger partial charge in [-0.1, -0.05) is 146 Å². The van der Waals surface area contributed by atoms with E-state index in [1.165, 1.54) is 65.5 Å². The van der Waals surface area contributed by atoms with E-state index in [4.69, 9.17) is 9.97 Å². The third-order valence-corrected chi connectivity index (χ3v) is 13.6. The van der Waals surface area contributed by atoms with E-state index in [-0.39, 0.29) is 0 Å². The van der Waals surface area contributed by atoms with Gasteiger partial charge in [-0.15, -0.1) is 0 Å². The standard InChI is InChI=1S/C62H39N5/c1-4-16-40(17-5-1)59-51-24-10-13-25-54(51)63-62(64-59)41-28-32-46(33-29-41)67-58-37-31-43(42-30-36-57-52(38-42)48-23-12-14-26-55(48)65(57)44-18-6-2-7-19-44)39-53(58)50-35-34-49-47-22-11-15-27-56(47)66(60(49)61(50)67)45-20-8-3-9-21-45/h1-39H. The van der Waals surface area contributed by atoms with Gasteiger partial charge in [0.1, 0.15) is 0 Å². The fourth-order valence-corrected chi connectivity index (χ4v) is 10.6. The summed E-state index contributed by atoms with van der Waals surface area (Å²) in [6.45, 7) is 0. The van der Waals surface area contributed by atoms with Crippen molar-refractivity contribution in [2.75, 3.05) is 0 Å². The van der Waals surface area contributed by atoms with E-state index >= 15 is 0 Å². The van der Waals surface area contributed by atoms with Crippen molar-refractivity contribution in [1.29, 1.82) is 0 Å². The van der Waals surface area contributed by atoms with E-state index in [9.17, 15) is 0 Å². The van der Waals surface area contributed by atoms with Gasteiger partial charge in [0, 0.05) is 65.9 Å². The van der Waals surface area contributed by atoms with E-state index in [0.29, 0.717) is 5.82 Å². The van der Waals surface area contributed by atoms with Gasteiger partial charge >= 0.3 is 0 Å². The van der Waals surface area contributed by atoms with Crippen LogP contribution in [0, 0.1) is 0 Å². The Morgan fingerprint density at radius 3 is 1.33 bits per heavy atom. The minimum atomic E-state index is 0.700. The average molecular weight is 854 g/mol. The summed E-state index contributed by atoms with van der Waals surface area (Å²) >= 11 is 0. The monoisotopic (exact) mass is 853 g/mol. The SMILES string of the molecule is c1ccc(-c2nc(-c3ccc(-n4c5ccc(-c6ccc7c(c6)c6ccccc6n7-c6ccccc6)cc5c5ccc6c7ccccc7n(-c7ccccc7)c6c54)cc3)nc3ccccc23)cc1. The van der Waals surface area contributed by atoms with Crippen LogP contribution in [0.15, 0.2) is 237 Å². The van der Waals surface area contributed by atoms with Crippen molar-refractivity contribution < 1.29 is 0 Å². The molecule has 14 rings (SSSR count). The van der Waals surface area contributed by atoms with Crippen LogP contribution >= 0.6 is 0 Å². The van der Waals surface area contributed by atoms with Gasteiger partial charge in [0.2, 0.25) is 0 Å². The van der Waals surface area contributed by atoms with Crippen LogP contribution < -0.4 is 0 Å². The summed E-state index contributed by atoms with van der Waals surface area (Å²) in [4.78, 5) is 10.3. The highest BCUT2D eigenvalue weighted by Gasteiger charge is 2.23. The molecule has 0 unspecified atom stereocenters. The van der Waals surface area contributed by atoms with Crippen LogP contribution in [0.5, 0.6) is 0 Å². The maximum Gasteiger partial charge on any atom is 0.160 e. The fraction of sp³-hybridized carbons (Fsp3) is 0. The molecule has 0 bridgehead atoms. The Morgan fingerprint density at radius 2 is 0.687 bits per heavy atom. The minimum absolute atomic E-state index is 0.700. The third-order valence-electron chi connectivity index (χ3n) is 13.6. The van der Waals surface area contributed by atoms with Crippen LogP contribution in [0.2, 0.25) is 0 Å². The zero-order valence-electron chi connectivity index (χ0n) is 36.3. The number of hydrogen-bond acceptors (Lipinski definition) is 2. The molecule has 0 aliphatic heterocycles. The molecule has 0 fully saturated rings. The number of rotatable bonds is 6. The molecule has 0 amide bonds. The zero-order chi connectivity index (χ0) is 44.0. The van der Waals surface area contributed by atoms with Crippen LogP contribution in [-0.2, 0) is 0 Å². The molecule has 0 aliphatic carbocycles. The molecule has 0 N–H and O–H groups in total. The molecule has 10 aromatic carbocycles. The highest BCUT2D eigenvalue weighted by atomic mass is 15.0. The molecular weight excluding hydrogens is 815 g/mol. The number of benzene rings is 10. The van der Waals surface area contributed by atoms with Gasteiger partial charge in [-0.2, -0.15) is 0 Å². The van der Waals surface area contributed by atoms with E-state index < -0.39 is 0 Å². The molecule has 4 heterocycles. The Morgan fingerprint density at radius 1 is 0.254 bits per heavy atom. The van der Waals surface area contributed by atoms with Crippen molar-refractivity contribution in [3.05, 3.63) is 237 Å². The molecule has 0 atom stereocenters. The summed E-state index contributed by atoms with van der Waals surface area (Å²) in [5.74, 6) is 0.700. The normalized spacial score (nSPS) is 11.9. The van der Waals surface area contributed by atoms with Crippen LogP contribution in [0.3, 0.4) is 0 Å². The Bertz CT molecular complexity index is 4240. The second-order valence-electron chi connectivity index (χ2n) is 17.4.